The molecule has 1 amide bonds. The van der Waals surface area contributed by atoms with Crippen LogP contribution in [0, 0.1) is 16.0 Å². The Bertz CT molecular complexity index is 707. The highest BCUT2D eigenvalue weighted by Gasteiger charge is 2.27. The number of anilines is 1. The number of carbonyl (C=O) groups is 1. The maximum Gasteiger partial charge on any atom is 0.292 e. The molecule has 1 fully saturated rings. The molecule has 2 rings (SSSR count). The molecular weight excluding hydrogens is 360 g/mol. The predicted octanol–water partition coefficient (Wildman–Crippen LogP) is 1.82. The number of para-hydroxylation sites is 2. The minimum atomic E-state index is -0.401. The van der Waals surface area contributed by atoms with E-state index < -0.39 is 4.92 Å². The number of likely N-dealkylation sites (tertiary alicyclic amines) is 1. The van der Waals surface area contributed by atoms with Gasteiger partial charge in [0, 0.05) is 44.2 Å². The molecule has 0 spiro atoms. The van der Waals surface area contributed by atoms with Crippen LogP contribution in [0.25, 0.3) is 0 Å². The topological polar surface area (TPSA) is 112 Å². The van der Waals surface area contributed by atoms with Crippen LogP contribution in [0.4, 0.5) is 11.4 Å². The van der Waals surface area contributed by atoms with Crippen molar-refractivity contribution < 1.29 is 9.72 Å². The minimum Gasteiger partial charge on any atom is -0.378 e. The summed E-state index contributed by atoms with van der Waals surface area (Å²) < 4.78 is 0. The Morgan fingerprint density at radius 2 is 2.14 bits per heavy atom. The van der Waals surface area contributed by atoms with Crippen molar-refractivity contribution in [2.45, 2.75) is 33.2 Å². The number of rotatable bonds is 8. The van der Waals surface area contributed by atoms with Gasteiger partial charge in [0.2, 0.25) is 5.91 Å². The van der Waals surface area contributed by atoms with Crippen LogP contribution in [0.3, 0.4) is 0 Å². The van der Waals surface area contributed by atoms with Crippen molar-refractivity contribution in [1.82, 2.24) is 15.5 Å². The fraction of sp³-hybridized carbons (Fsp3) is 0.579. The number of guanidine groups is 1. The molecule has 0 aliphatic carbocycles. The van der Waals surface area contributed by atoms with Gasteiger partial charge in [0.25, 0.3) is 5.69 Å². The van der Waals surface area contributed by atoms with Crippen molar-refractivity contribution in [3.63, 3.8) is 0 Å². The van der Waals surface area contributed by atoms with Crippen molar-refractivity contribution in [3.8, 4) is 0 Å². The van der Waals surface area contributed by atoms with Crippen LogP contribution in [0.5, 0.6) is 0 Å². The zero-order chi connectivity index (χ0) is 20.5. The molecule has 1 aromatic rings. The van der Waals surface area contributed by atoms with Gasteiger partial charge in [0.15, 0.2) is 5.96 Å². The number of amides is 1. The fourth-order valence-electron chi connectivity index (χ4n) is 3.10. The first-order chi connectivity index (χ1) is 13.4. The maximum atomic E-state index is 12.1. The van der Waals surface area contributed by atoms with Crippen LogP contribution in [0.1, 0.15) is 27.2 Å². The normalized spacial score (nSPS) is 16.9. The van der Waals surface area contributed by atoms with Crippen LogP contribution in [0.2, 0.25) is 0 Å². The number of nitro benzene ring substituents is 1. The average Bonchev–Trinajstić information content (AvgIpc) is 3.13. The molecule has 1 atom stereocenters. The van der Waals surface area contributed by atoms with Crippen molar-refractivity contribution >= 4 is 23.2 Å². The number of hydrogen-bond donors (Lipinski definition) is 3. The third kappa shape index (κ3) is 6.11. The molecule has 9 heteroatoms. The van der Waals surface area contributed by atoms with Gasteiger partial charge in [0.05, 0.1) is 11.5 Å². The van der Waals surface area contributed by atoms with E-state index in [2.05, 4.69) is 20.9 Å². The van der Waals surface area contributed by atoms with E-state index in [1.807, 2.05) is 25.7 Å². The third-order valence-electron chi connectivity index (χ3n) is 4.48. The lowest BCUT2D eigenvalue weighted by molar-refractivity contribution is -0.384. The second-order valence-corrected chi connectivity index (χ2v) is 7.03. The molecule has 28 heavy (non-hydrogen) atoms. The Balaban J connectivity index is 1.86. The summed E-state index contributed by atoms with van der Waals surface area (Å²) in [6.45, 7) is 8.92. The molecule has 0 saturated carbocycles. The van der Waals surface area contributed by atoms with E-state index in [0.717, 1.165) is 19.5 Å². The summed E-state index contributed by atoms with van der Waals surface area (Å²) in [7, 11) is 0. The number of nitrogens with one attached hydrogen (secondary N) is 3. The second-order valence-electron chi connectivity index (χ2n) is 7.03. The number of nitro groups is 1. The summed E-state index contributed by atoms with van der Waals surface area (Å²) in [4.78, 5) is 29.2. The predicted molar refractivity (Wildman–Crippen MR) is 111 cm³/mol. The lowest BCUT2D eigenvalue weighted by Gasteiger charge is -2.20. The quantitative estimate of drug-likeness (QED) is 0.205. The molecule has 1 unspecified atom stereocenters. The highest BCUT2D eigenvalue weighted by Crippen LogP contribution is 2.22. The van der Waals surface area contributed by atoms with Crippen molar-refractivity contribution in [2.24, 2.45) is 10.9 Å². The Labute approximate surface area is 165 Å². The van der Waals surface area contributed by atoms with Crippen LogP contribution in [-0.2, 0) is 4.79 Å². The fourth-order valence-corrected chi connectivity index (χ4v) is 3.10. The van der Waals surface area contributed by atoms with E-state index in [4.69, 9.17) is 0 Å². The van der Waals surface area contributed by atoms with E-state index in [1.165, 1.54) is 6.07 Å². The molecule has 9 nitrogen and oxygen atoms in total. The molecule has 1 aromatic carbocycles. The SMILES string of the molecule is CCNC(=NCCNc1ccccc1[N+](=O)[O-])NC1CCN(C(=O)C(C)C)C1. The van der Waals surface area contributed by atoms with E-state index in [-0.39, 0.29) is 23.6 Å². The van der Waals surface area contributed by atoms with E-state index >= 15 is 0 Å². The second kappa shape index (κ2) is 10.5. The van der Waals surface area contributed by atoms with E-state index in [9.17, 15) is 14.9 Å². The van der Waals surface area contributed by atoms with Gasteiger partial charge < -0.3 is 20.9 Å². The van der Waals surface area contributed by atoms with Gasteiger partial charge in [-0.2, -0.15) is 0 Å². The van der Waals surface area contributed by atoms with Crippen LogP contribution in [0.15, 0.2) is 29.3 Å². The highest BCUT2D eigenvalue weighted by atomic mass is 16.6. The first-order valence-electron chi connectivity index (χ1n) is 9.73. The molecule has 0 radical (unpaired) electrons. The summed E-state index contributed by atoms with van der Waals surface area (Å²) in [6, 6.07) is 6.73. The lowest BCUT2D eigenvalue weighted by atomic mass is 10.2. The van der Waals surface area contributed by atoms with Gasteiger partial charge in [0.1, 0.15) is 5.69 Å². The average molecular weight is 390 g/mol. The molecule has 3 N–H and O–H groups in total. The molecule has 154 valence electrons. The summed E-state index contributed by atoms with van der Waals surface area (Å²) >= 11 is 0. The molecule has 1 saturated heterocycles. The third-order valence-corrected chi connectivity index (χ3v) is 4.48. The largest absolute Gasteiger partial charge is 0.378 e. The zero-order valence-corrected chi connectivity index (χ0v) is 16.8. The summed E-state index contributed by atoms with van der Waals surface area (Å²) in [5.74, 6) is 0.879. The first-order valence-corrected chi connectivity index (χ1v) is 9.73. The van der Waals surface area contributed by atoms with Crippen molar-refractivity contribution in [1.29, 1.82) is 0 Å². The minimum absolute atomic E-state index is 0.00812. The van der Waals surface area contributed by atoms with E-state index in [1.54, 1.807) is 18.2 Å². The molecule has 1 aliphatic heterocycles. The van der Waals surface area contributed by atoms with Gasteiger partial charge in [-0.15, -0.1) is 0 Å². The van der Waals surface area contributed by atoms with E-state index in [0.29, 0.717) is 31.3 Å². The van der Waals surface area contributed by atoms with Gasteiger partial charge >= 0.3 is 0 Å². The Hall–Kier alpha value is -2.84. The number of carbonyl (C=O) groups excluding carboxylic acids is 1. The number of benzene rings is 1. The monoisotopic (exact) mass is 390 g/mol. The van der Waals surface area contributed by atoms with Gasteiger partial charge in [-0.3, -0.25) is 19.9 Å². The maximum absolute atomic E-state index is 12.1. The standard InChI is InChI=1S/C19H30N6O3/c1-4-20-19(23-15-9-12-24(13-15)18(26)14(2)3)22-11-10-21-16-7-5-6-8-17(16)25(27)28/h5-8,14-15,21H,4,9-13H2,1-3H3,(H2,20,22,23). The smallest absolute Gasteiger partial charge is 0.292 e. The number of nitrogens with zero attached hydrogens (tertiary/aromatic N) is 3. The zero-order valence-electron chi connectivity index (χ0n) is 16.8. The Morgan fingerprint density at radius 3 is 2.82 bits per heavy atom. The highest BCUT2D eigenvalue weighted by molar-refractivity contribution is 5.81. The van der Waals surface area contributed by atoms with Gasteiger partial charge in [-0.05, 0) is 19.4 Å². The van der Waals surface area contributed by atoms with Gasteiger partial charge in [-0.1, -0.05) is 26.0 Å². The molecule has 0 bridgehead atoms. The van der Waals surface area contributed by atoms with Gasteiger partial charge in [-0.25, -0.2) is 0 Å². The summed E-state index contributed by atoms with van der Waals surface area (Å²) in [5.41, 5.74) is 0.539. The van der Waals surface area contributed by atoms with Crippen LogP contribution < -0.4 is 16.0 Å². The Kier molecular flexibility index (Phi) is 8.03. The van der Waals surface area contributed by atoms with Crippen LogP contribution >= 0.6 is 0 Å². The summed E-state index contributed by atoms with van der Waals surface area (Å²) in [6.07, 6.45) is 0.886. The van der Waals surface area contributed by atoms with Crippen molar-refractivity contribution in [3.05, 3.63) is 34.4 Å². The molecule has 1 aliphatic rings. The number of aliphatic imine (C=N–C) groups is 1. The summed E-state index contributed by atoms with van der Waals surface area (Å²) in [5, 5.41) is 20.7. The molecule has 0 aromatic heterocycles. The first kappa shape index (κ1) is 21.5. The molecule has 1 heterocycles. The molecular formula is C19H30N6O3. The Morgan fingerprint density at radius 1 is 1.39 bits per heavy atom. The lowest BCUT2D eigenvalue weighted by Crippen LogP contribution is -2.45. The number of hydrogen-bond acceptors (Lipinski definition) is 5. The van der Waals surface area contributed by atoms with Crippen LogP contribution in [-0.4, -0.2) is 60.5 Å². The van der Waals surface area contributed by atoms with Crippen molar-refractivity contribution in [2.75, 3.05) is 38.0 Å².